The summed E-state index contributed by atoms with van der Waals surface area (Å²) in [6.45, 7) is 3.82. The van der Waals surface area contributed by atoms with Crippen LogP contribution in [0.25, 0.3) is 0 Å². The highest BCUT2D eigenvalue weighted by molar-refractivity contribution is 5.87. The zero-order chi connectivity index (χ0) is 8.85. The van der Waals surface area contributed by atoms with Crippen molar-refractivity contribution in [3.63, 3.8) is 0 Å². The van der Waals surface area contributed by atoms with Crippen molar-refractivity contribution in [2.45, 2.75) is 20.0 Å². The Labute approximate surface area is 67.3 Å². The number of amides is 1. The molecule has 64 valence electrons. The molecule has 1 atom stereocenters. The van der Waals surface area contributed by atoms with E-state index in [-0.39, 0.29) is 5.91 Å². The molecule has 0 aliphatic rings. The standard InChI is InChI=1S/C8H15NO2/c1-4-5-8(11)9(3)6-7(2)10/h4-5,7,10H,6H2,1-3H3. The third-order valence-corrected chi connectivity index (χ3v) is 1.22. The molecule has 0 heterocycles. The fourth-order valence-corrected chi connectivity index (χ4v) is 0.756. The van der Waals surface area contributed by atoms with Crippen LogP contribution in [-0.4, -0.2) is 35.6 Å². The summed E-state index contributed by atoms with van der Waals surface area (Å²) in [7, 11) is 1.66. The van der Waals surface area contributed by atoms with Crippen molar-refractivity contribution in [2.75, 3.05) is 13.6 Å². The van der Waals surface area contributed by atoms with Crippen LogP contribution in [0.2, 0.25) is 0 Å². The van der Waals surface area contributed by atoms with Gasteiger partial charge in [-0.1, -0.05) is 6.08 Å². The maximum Gasteiger partial charge on any atom is 0.246 e. The van der Waals surface area contributed by atoms with Crippen molar-refractivity contribution in [3.8, 4) is 0 Å². The molecule has 0 aliphatic heterocycles. The molecule has 1 unspecified atom stereocenters. The van der Waals surface area contributed by atoms with Crippen LogP contribution >= 0.6 is 0 Å². The van der Waals surface area contributed by atoms with E-state index in [2.05, 4.69) is 0 Å². The van der Waals surface area contributed by atoms with E-state index >= 15 is 0 Å². The maximum atomic E-state index is 11.0. The van der Waals surface area contributed by atoms with Gasteiger partial charge in [-0.15, -0.1) is 0 Å². The molecule has 0 aromatic carbocycles. The van der Waals surface area contributed by atoms with Gasteiger partial charge in [0.05, 0.1) is 6.10 Å². The van der Waals surface area contributed by atoms with Crippen molar-refractivity contribution in [2.24, 2.45) is 0 Å². The quantitative estimate of drug-likeness (QED) is 0.602. The minimum absolute atomic E-state index is 0.0756. The minimum atomic E-state index is -0.464. The van der Waals surface area contributed by atoms with Gasteiger partial charge in [-0.2, -0.15) is 0 Å². The predicted octanol–water partition coefficient (Wildman–Crippen LogP) is 0.402. The van der Waals surface area contributed by atoms with Crippen molar-refractivity contribution >= 4 is 5.91 Å². The lowest BCUT2D eigenvalue weighted by Crippen LogP contribution is -2.31. The summed E-state index contributed by atoms with van der Waals surface area (Å²) in [5, 5.41) is 8.92. The van der Waals surface area contributed by atoms with Gasteiger partial charge >= 0.3 is 0 Å². The molecule has 0 saturated heterocycles. The third-order valence-electron chi connectivity index (χ3n) is 1.22. The fourth-order valence-electron chi connectivity index (χ4n) is 0.756. The molecule has 1 amide bonds. The summed E-state index contributed by atoms with van der Waals surface area (Å²) in [4.78, 5) is 12.5. The van der Waals surface area contributed by atoms with Gasteiger partial charge in [-0.05, 0) is 19.9 Å². The largest absolute Gasteiger partial charge is 0.392 e. The van der Waals surface area contributed by atoms with E-state index in [1.807, 2.05) is 0 Å². The molecule has 0 saturated carbocycles. The number of hydrogen-bond donors (Lipinski definition) is 1. The van der Waals surface area contributed by atoms with Gasteiger partial charge in [0.1, 0.15) is 0 Å². The topological polar surface area (TPSA) is 40.5 Å². The van der Waals surface area contributed by atoms with Crippen LogP contribution in [0.15, 0.2) is 12.2 Å². The lowest BCUT2D eigenvalue weighted by Gasteiger charge is -2.16. The van der Waals surface area contributed by atoms with Gasteiger partial charge < -0.3 is 10.0 Å². The summed E-state index contributed by atoms with van der Waals surface area (Å²) in [6.07, 6.45) is 2.69. The summed E-state index contributed by atoms with van der Waals surface area (Å²) in [5.74, 6) is -0.0756. The average molecular weight is 157 g/mol. The van der Waals surface area contributed by atoms with E-state index in [9.17, 15) is 4.79 Å². The molecule has 3 nitrogen and oxygen atoms in total. The van der Waals surface area contributed by atoms with Crippen molar-refractivity contribution in [1.29, 1.82) is 0 Å². The first-order valence-corrected chi connectivity index (χ1v) is 3.63. The maximum absolute atomic E-state index is 11.0. The van der Waals surface area contributed by atoms with Crippen LogP contribution in [0, 0.1) is 0 Å². The molecule has 0 radical (unpaired) electrons. The fraction of sp³-hybridized carbons (Fsp3) is 0.625. The van der Waals surface area contributed by atoms with E-state index in [1.54, 1.807) is 27.0 Å². The Hall–Kier alpha value is -0.830. The smallest absolute Gasteiger partial charge is 0.246 e. The Kier molecular flexibility index (Phi) is 4.54. The Balaban J connectivity index is 3.83. The number of carbonyl (C=O) groups excluding carboxylic acids is 1. The number of carbonyl (C=O) groups is 1. The van der Waals surface area contributed by atoms with Crippen LogP contribution in [-0.2, 0) is 4.79 Å². The second-order valence-corrected chi connectivity index (χ2v) is 2.57. The zero-order valence-corrected chi connectivity index (χ0v) is 7.24. The third kappa shape index (κ3) is 4.56. The minimum Gasteiger partial charge on any atom is -0.392 e. The highest BCUT2D eigenvalue weighted by Crippen LogP contribution is 1.90. The Morgan fingerprint density at radius 2 is 2.27 bits per heavy atom. The molecule has 11 heavy (non-hydrogen) atoms. The van der Waals surface area contributed by atoms with E-state index in [0.29, 0.717) is 6.54 Å². The number of rotatable bonds is 3. The molecule has 0 fully saturated rings. The second kappa shape index (κ2) is 4.91. The van der Waals surface area contributed by atoms with E-state index < -0.39 is 6.10 Å². The van der Waals surface area contributed by atoms with Crippen molar-refractivity contribution in [1.82, 2.24) is 4.90 Å². The Bertz CT molecular complexity index is 152. The molecule has 0 aromatic heterocycles. The average Bonchev–Trinajstić information content (AvgIpc) is 1.86. The number of hydrogen-bond acceptors (Lipinski definition) is 2. The Morgan fingerprint density at radius 1 is 1.73 bits per heavy atom. The van der Waals surface area contributed by atoms with Crippen LogP contribution in [0.1, 0.15) is 13.8 Å². The highest BCUT2D eigenvalue weighted by Gasteiger charge is 2.06. The van der Waals surface area contributed by atoms with Crippen LogP contribution in [0.4, 0.5) is 0 Å². The lowest BCUT2D eigenvalue weighted by molar-refractivity contribution is -0.125. The molecular formula is C8H15NO2. The van der Waals surface area contributed by atoms with Crippen LogP contribution < -0.4 is 0 Å². The summed E-state index contributed by atoms with van der Waals surface area (Å²) < 4.78 is 0. The van der Waals surface area contributed by atoms with Gasteiger partial charge in [0.15, 0.2) is 0 Å². The first kappa shape index (κ1) is 10.2. The molecule has 0 bridgehead atoms. The monoisotopic (exact) mass is 157 g/mol. The SMILES string of the molecule is CC=CC(=O)N(C)CC(C)O. The van der Waals surface area contributed by atoms with Gasteiger partial charge in [0.2, 0.25) is 5.91 Å². The predicted molar refractivity (Wildman–Crippen MR) is 44.1 cm³/mol. The summed E-state index contributed by atoms with van der Waals surface area (Å²) >= 11 is 0. The normalized spacial score (nSPS) is 13.5. The molecular weight excluding hydrogens is 142 g/mol. The van der Waals surface area contributed by atoms with Crippen molar-refractivity contribution < 1.29 is 9.90 Å². The molecule has 0 aromatic rings. The lowest BCUT2D eigenvalue weighted by atomic mass is 10.3. The van der Waals surface area contributed by atoms with Gasteiger partial charge in [0.25, 0.3) is 0 Å². The van der Waals surface area contributed by atoms with Gasteiger partial charge in [-0.3, -0.25) is 4.79 Å². The summed E-state index contributed by atoms with van der Waals surface area (Å²) in [5.41, 5.74) is 0. The highest BCUT2D eigenvalue weighted by atomic mass is 16.3. The summed E-state index contributed by atoms with van der Waals surface area (Å²) in [6, 6.07) is 0. The van der Waals surface area contributed by atoms with Gasteiger partial charge in [-0.25, -0.2) is 0 Å². The van der Waals surface area contributed by atoms with Crippen LogP contribution in [0.3, 0.4) is 0 Å². The molecule has 0 spiro atoms. The number of nitrogens with zero attached hydrogens (tertiary/aromatic N) is 1. The Morgan fingerprint density at radius 3 is 2.64 bits per heavy atom. The molecule has 1 N–H and O–H groups in total. The molecule has 3 heteroatoms. The number of allylic oxidation sites excluding steroid dienone is 1. The number of aliphatic hydroxyl groups excluding tert-OH is 1. The van der Waals surface area contributed by atoms with E-state index in [1.165, 1.54) is 11.0 Å². The molecule has 0 aliphatic carbocycles. The first-order valence-electron chi connectivity index (χ1n) is 3.63. The first-order chi connectivity index (χ1) is 5.07. The van der Waals surface area contributed by atoms with Gasteiger partial charge in [0, 0.05) is 13.6 Å². The molecule has 0 rings (SSSR count). The second-order valence-electron chi connectivity index (χ2n) is 2.57. The van der Waals surface area contributed by atoms with E-state index in [4.69, 9.17) is 5.11 Å². The zero-order valence-electron chi connectivity index (χ0n) is 7.24. The number of likely N-dealkylation sites (N-methyl/N-ethyl adjacent to an activating group) is 1. The van der Waals surface area contributed by atoms with Crippen LogP contribution in [0.5, 0.6) is 0 Å². The van der Waals surface area contributed by atoms with E-state index in [0.717, 1.165) is 0 Å². The number of aliphatic hydroxyl groups is 1. The van der Waals surface area contributed by atoms with Crippen molar-refractivity contribution in [3.05, 3.63) is 12.2 Å².